The van der Waals surface area contributed by atoms with Crippen LogP contribution < -0.4 is 4.90 Å². The van der Waals surface area contributed by atoms with Gasteiger partial charge in [0.05, 0.1) is 16.5 Å². The van der Waals surface area contributed by atoms with Crippen LogP contribution in [0.25, 0.3) is 55.3 Å². The Morgan fingerprint density at radius 3 is 1.40 bits per heavy atom. The van der Waals surface area contributed by atoms with Crippen molar-refractivity contribution in [2.75, 3.05) is 4.90 Å². The normalized spacial score (nSPS) is 13.7. The first-order valence-electron chi connectivity index (χ1n) is 24.3. The van der Waals surface area contributed by atoms with Gasteiger partial charge in [-0.25, -0.2) is 0 Å². The summed E-state index contributed by atoms with van der Waals surface area (Å²) in [5, 5.41) is 2.23. The van der Waals surface area contributed by atoms with Crippen molar-refractivity contribution in [3.8, 4) is 33.4 Å². The minimum absolute atomic E-state index is 0.519. The zero-order valence-electron chi connectivity index (χ0n) is 38.3. The van der Waals surface area contributed by atoms with Crippen molar-refractivity contribution in [1.82, 2.24) is 0 Å². The number of hydrogen-bond donors (Lipinski definition) is 0. The molecule has 0 atom stereocenters. The van der Waals surface area contributed by atoms with Gasteiger partial charge in [0.15, 0.2) is 0 Å². The summed E-state index contributed by atoms with van der Waals surface area (Å²) >= 11 is 0. The molecule has 0 spiro atoms. The van der Waals surface area contributed by atoms with Crippen LogP contribution in [0.15, 0.2) is 277 Å². The third-order valence-electron chi connectivity index (χ3n) is 15.2. The lowest BCUT2D eigenvalue weighted by atomic mass is 9.67. The smallest absolute Gasteiger partial charge is 0.143 e. The highest BCUT2D eigenvalue weighted by Gasteiger charge is 2.49. The number of para-hydroxylation sites is 2. The molecule has 0 unspecified atom stereocenters. The van der Waals surface area contributed by atoms with Gasteiger partial charge in [-0.2, -0.15) is 0 Å². The van der Waals surface area contributed by atoms with E-state index in [2.05, 4.69) is 272 Å². The summed E-state index contributed by atoms with van der Waals surface area (Å²) in [7, 11) is 0. The molecule has 1 heterocycles. The van der Waals surface area contributed by atoms with E-state index in [0.717, 1.165) is 50.1 Å². The van der Waals surface area contributed by atoms with E-state index in [1.54, 1.807) is 0 Å². The number of furan rings is 1. The lowest BCUT2D eigenvalue weighted by Gasteiger charge is -2.38. The highest BCUT2D eigenvalue weighted by Crippen LogP contribution is 2.61. The van der Waals surface area contributed by atoms with Gasteiger partial charge >= 0.3 is 0 Å². The fraction of sp³-hybridized carbons (Fsp3) is 0.0294. The number of nitrogens with zero attached hydrogens (tertiary/aromatic N) is 1. The van der Waals surface area contributed by atoms with Crippen molar-refractivity contribution in [2.45, 2.75) is 10.8 Å². The molecule has 11 aromatic carbocycles. The first-order chi connectivity index (χ1) is 34.7. The molecule has 14 rings (SSSR count). The van der Waals surface area contributed by atoms with Crippen molar-refractivity contribution in [3.63, 3.8) is 0 Å². The van der Waals surface area contributed by atoms with Crippen LogP contribution in [0.2, 0.25) is 0 Å². The SMILES string of the molecule is c1ccc(C2(c3ccc(N(c4cccc(-c5cccc6c5oc5ccccc56)c4)c4cccc5c4C(c4ccccc4)(c4ccccc4)c4ccccc4-5)cc3)c3ccccc3-c3ccccc32)cc1. The number of rotatable bonds is 8. The van der Waals surface area contributed by atoms with Gasteiger partial charge in [-0.1, -0.05) is 237 Å². The third kappa shape index (κ3) is 5.68. The van der Waals surface area contributed by atoms with Crippen LogP contribution in [-0.4, -0.2) is 0 Å². The Kier molecular flexibility index (Phi) is 9.06. The Hall–Kier alpha value is -8.98. The highest BCUT2D eigenvalue weighted by molar-refractivity contribution is 6.09. The van der Waals surface area contributed by atoms with E-state index in [1.807, 2.05) is 6.07 Å². The summed E-state index contributed by atoms with van der Waals surface area (Å²) in [6.07, 6.45) is 0. The van der Waals surface area contributed by atoms with Crippen LogP contribution >= 0.6 is 0 Å². The van der Waals surface area contributed by atoms with Crippen LogP contribution in [0.3, 0.4) is 0 Å². The second-order valence-corrected chi connectivity index (χ2v) is 18.6. The molecular formula is C68H45NO. The largest absolute Gasteiger partial charge is 0.455 e. The minimum atomic E-state index is -0.630. The van der Waals surface area contributed by atoms with Crippen molar-refractivity contribution in [2.24, 2.45) is 0 Å². The van der Waals surface area contributed by atoms with Crippen molar-refractivity contribution in [3.05, 3.63) is 317 Å². The molecule has 70 heavy (non-hydrogen) atoms. The second-order valence-electron chi connectivity index (χ2n) is 18.6. The van der Waals surface area contributed by atoms with Gasteiger partial charge in [-0.15, -0.1) is 0 Å². The van der Waals surface area contributed by atoms with Crippen LogP contribution in [0.1, 0.15) is 44.5 Å². The first-order valence-corrected chi connectivity index (χ1v) is 24.3. The predicted molar refractivity (Wildman–Crippen MR) is 288 cm³/mol. The molecule has 0 bridgehead atoms. The molecule has 0 amide bonds. The van der Waals surface area contributed by atoms with E-state index < -0.39 is 10.8 Å². The highest BCUT2D eigenvalue weighted by atomic mass is 16.3. The van der Waals surface area contributed by atoms with E-state index in [1.165, 1.54) is 66.8 Å². The maximum absolute atomic E-state index is 6.67. The maximum atomic E-state index is 6.67. The Bertz CT molecular complexity index is 3860. The Balaban J connectivity index is 1.04. The van der Waals surface area contributed by atoms with Gasteiger partial charge in [-0.3, -0.25) is 0 Å². The fourth-order valence-electron chi connectivity index (χ4n) is 12.5. The summed E-state index contributed by atoms with van der Waals surface area (Å²) in [4.78, 5) is 2.50. The van der Waals surface area contributed by atoms with Crippen molar-refractivity contribution < 1.29 is 4.42 Å². The second kappa shape index (κ2) is 15.8. The summed E-state index contributed by atoms with van der Waals surface area (Å²) in [6.45, 7) is 0. The molecule has 0 aliphatic heterocycles. The van der Waals surface area contributed by atoms with Crippen LogP contribution in [0.5, 0.6) is 0 Å². The van der Waals surface area contributed by atoms with Gasteiger partial charge in [-0.05, 0) is 103 Å². The zero-order chi connectivity index (χ0) is 46.2. The first kappa shape index (κ1) is 40.1. The van der Waals surface area contributed by atoms with Gasteiger partial charge in [0.1, 0.15) is 11.2 Å². The Labute approximate surface area is 408 Å². The molecule has 1 aromatic heterocycles. The van der Waals surface area contributed by atoms with Gasteiger partial charge < -0.3 is 9.32 Å². The molecule has 0 fully saturated rings. The lowest BCUT2D eigenvalue weighted by Crippen LogP contribution is -2.30. The topological polar surface area (TPSA) is 16.4 Å². The summed E-state index contributed by atoms with van der Waals surface area (Å²) in [5.41, 5.74) is 21.1. The Morgan fingerprint density at radius 1 is 0.300 bits per heavy atom. The van der Waals surface area contributed by atoms with Crippen LogP contribution in [0, 0.1) is 0 Å². The van der Waals surface area contributed by atoms with Gasteiger partial charge in [0.25, 0.3) is 0 Å². The zero-order valence-corrected chi connectivity index (χ0v) is 38.3. The maximum Gasteiger partial charge on any atom is 0.143 e. The Morgan fingerprint density at radius 2 is 0.757 bits per heavy atom. The number of hydrogen-bond acceptors (Lipinski definition) is 2. The van der Waals surface area contributed by atoms with Gasteiger partial charge in [0, 0.05) is 33.3 Å². The van der Waals surface area contributed by atoms with E-state index in [9.17, 15) is 0 Å². The molecule has 0 N–H and O–H groups in total. The molecule has 2 aliphatic rings. The average Bonchev–Trinajstić information content (AvgIpc) is 4.08. The molecule has 0 saturated heterocycles. The lowest BCUT2D eigenvalue weighted by molar-refractivity contribution is 0.670. The molecule has 2 heteroatoms. The van der Waals surface area contributed by atoms with E-state index in [4.69, 9.17) is 4.42 Å². The van der Waals surface area contributed by atoms with Crippen molar-refractivity contribution >= 4 is 39.0 Å². The van der Waals surface area contributed by atoms with E-state index >= 15 is 0 Å². The number of fused-ring (bicyclic) bond motifs is 9. The minimum Gasteiger partial charge on any atom is -0.455 e. The molecule has 0 saturated carbocycles. The van der Waals surface area contributed by atoms with Crippen LogP contribution in [-0.2, 0) is 10.8 Å². The molecule has 2 aliphatic carbocycles. The van der Waals surface area contributed by atoms with E-state index in [0.29, 0.717) is 0 Å². The quantitative estimate of drug-likeness (QED) is 0.151. The standard InChI is InChI=1S/C68H45NO/c1-4-22-47(23-5-1)67(60-36-14-10-29-54(60)55-30-11-15-37-61(55)67)50-41-43-51(44-42-50)69(52-28-18-21-46(45-52)53-33-19-35-59-57-32-13-17-40-64(57)70-66(53)59)63-39-20-34-58-56-31-12-16-38-62(56)68(65(58)63,48-24-6-2-7-25-48)49-26-8-3-9-27-49/h1-45H. The van der Waals surface area contributed by atoms with E-state index in [-0.39, 0.29) is 0 Å². The predicted octanol–water partition coefficient (Wildman–Crippen LogP) is 17.4. The van der Waals surface area contributed by atoms with Crippen LogP contribution in [0.4, 0.5) is 17.1 Å². The molecule has 0 radical (unpaired) electrons. The monoisotopic (exact) mass is 891 g/mol. The average molecular weight is 892 g/mol. The molecule has 2 nitrogen and oxygen atoms in total. The molecule has 12 aromatic rings. The van der Waals surface area contributed by atoms with Crippen molar-refractivity contribution in [1.29, 1.82) is 0 Å². The van der Waals surface area contributed by atoms with Gasteiger partial charge in [0.2, 0.25) is 0 Å². The summed E-state index contributed by atoms with van der Waals surface area (Å²) < 4.78 is 6.67. The number of benzene rings is 11. The third-order valence-corrected chi connectivity index (χ3v) is 15.2. The summed E-state index contributed by atoms with van der Waals surface area (Å²) in [5.74, 6) is 0. The molecule has 328 valence electrons. The molecular weight excluding hydrogens is 847 g/mol. The fourth-order valence-corrected chi connectivity index (χ4v) is 12.5. The number of anilines is 3. The summed E-state index contributed by atoms with van der Waals surface area (Å²) in [6, 6.07) is 101.